The first-order chi connectivity index (χ1) is 22.8. The first-order valence-electron chi connectivity index (χ1n) is 15.5. The maximum absolute atomic E-state index is 13.8. The second kappa shape index (κ2) is 17.7. The minimum atomic E-state index is -1.51. The molecular formula is C31H43N7O11. The number of primary amides is 1. The summed E-state index contributed by atoms with van der Waals surface area (Å²) in [6.07, 6.45) is 3.91. The van der Waals surface area contributed by atoms with Crippen molar-refractivity contribution in [3.63, 3.8) is 0 Å². The van der Waals surface area contributed by atoms with Gasteiger partial charge >= 0.3 is 5.97 Å². The number of hydrogen-bond acceptors (Lipinski definition) is 10. The minimum Gasteiger partial charge on any atom is -0.478 e. The van der Waals surface area contributed by atoms with Crippen molar-refractivity contribution in [1.82, 2.24) is 26.2 Å². The molecule has 2 atom stereocenters. The molecule has 18 nitrogen and oxygen atoms in total. The van der Waals surface area contributed by atoms with E-state index < -0.39 is 113 Å². The zero-order valence-corrected chi connectivity index (χ0v) is 27.8. The number of non-ortho nitro benzene ring substituents is 1. The van der Waals surface area contributed by atoms with E-state index in [-0.39, 0.29) is 5.92 Å². The number of nitrogens with zero attached hydrogens (tertiary/aromatic N) is 2. The normalized spacial score (nSPS) is 14.4. The number of amides is 6. The summed E-state index contributed by atoms with van der Waals surface area (Å²) in [5, 5.41) is 30.2. The summed E-state index contributed by atoms with van der Waals surface area (Å²) in [5.41, 5.74) is 2.59. The molecule has 1 aliphatic rings. The Bertz CT molecular complexity index is 1450. The van der Waals surface area contributed by atoms with Crippen molar-refractivity contribution in [3.8, 4) is 0 Å². The van der Waals surface area contributed by atoms with E-state index in [0.717, 1.165) is 42.4 Å². The van der Waals surface area contributed by atoms with E-state index in [0.29, 0.717) is 12.8 Å². The lowest BCUT2D eigenvalue weighted by Crippen LogP contribution is -2.59. The number of nitrogens with one attached hydrogen (secondary N) is 4. The third-order valence-electron chi connectivity index (χ3n) is 7.68. The molecular weight excluding hydrogens is 646 g/mol. The maximum atomic E-state index is 13.8. The van der Waals surface area contributed by atoms with Gasteiger partial charge in [-0.05, 0) is 37.2 Å². The molecule has 0 bridgehead atoms. The van der Waals surface area contributed by atoms with Crippen molar-refractivity contribution in [2.24, 2.45) is 17.1 Å². The van der Waals surface area contributed by atoms with Gasteiger partial charge in [-0.1, -0.05) is 40.0 Å². The quantitative estimate of drug-likeness (QED) is 0.0963. The number of carbonyl (C=O) groups is 8. The van der Waals surface area contributed by atoms with Crippen molar-refractivity contribution in [2.45, 2.75) is 71.9 Å². The van der Waals surface area contributed by atoms with Gasteiger partial charge in [0.1, 0.15) is 24.4 Å². The summed E-state index contributed by atoms with van der Waals surface area (Å²) in [5.74, 6) is -7.06. The van der Waals surface area contributed by atoms with E-state index in [1.54, 1.807) is 20.8 Å². The second-order valence-electron chi connectivity index (χ2n) is 12.9. The average molecular weight is 690 g/mol. The van der Waals surface area contributed by atoms with Gasteiger partial charge in [0.25, 0.3) is 11.6 Å². The summed E-state index contributed by atoms with van der Waals surface area (Å²) in [4.78, 5) is 112. The first-order valence-corrected chi connectivity index (χ1v) is 15.5. The number of ketones is 1. The first kappa shape index (κ1) is 39.8. The SMILES string of the molecule is CC(=O)CN(CC(=O)NC(C(=O)NCC(N)=O)C1CCCCC1)C(=O)C(NC(=O)CNC(=O)c1cc(C(=O)O)cc([N+](=O)[O-])c1)C(C)(C)C. The molecule has 0 saturated heterocycles. The predicted octanol–water partition coefficient (Wildman–Crippen LogP) is -0.362. The fraction of sp³-hybridized carbons (Fsp3) is 0.548. The van der Waals surface area contributed by atoms with Crippen molar-refractivity contribution in [3.05, 3.63) is 39.4 Å². The highest BCUT2D eigenvalue weighted by Gasteiger charge is 2.38. The number of carboxylic acids is 1. The van der Waals surface area contributed by atoms with Crippen LogP contribution >= 0.6 is 0 Å². The minimum absolute atomic E-state index is 0.239. The highest BCUT2D eigenvalue weighted by atomic mass is 16.6. The molecule has 2 rings (SSSR count). The summed E-state index contributed by atoms with van der Waals surface area (Å²) >= 11 is 0. The Hall–Kier alpha value is -5.42. The van der Waals surface area contributed by atoms with Gasteiger partial charge in [-0.15, -0.1) is 0 Å². The number of nitro benzene ring substituents is 1. The van der Waals surface area contributed by atoms with Crippen LogP contribution in [-0.2, 0) is 28.8 Å². The molecule has 1 fully saturated rings. The lowest BCUT2D eigenvalue weighted by molar-refractivity contribution is -0.384. The predicted molar refractivity (Wildman–Crippen MR) is 172 cm³/mol. The molecule has 2 unspecified atom stereocenters. The number of rotatable bonds is 16. The standard InChI is InChI=1S/C31H43N7O11/c1-17(39)15-37(16-24(42)35-25(18-8-6-5-7-9-18)28(44)33-13-22(32)40)29(45)26(31(2,3)4)36-23(41)14-34-27(43)19-10-20(30(46)47)12-21(11-19)38(48)49/h10-12,18,25-26H,5-9,13-16H2,1-4H3,(H2,32,40)(H,33,44)(H,34,43)(H,35,42)(H,36,41)(H,46,47). The van der Waals surface area contributed by atoms with Crippen LogP contribution in [0.1, 0.15) is 80.5 Å². The Morgan fingerprint density at radius 1 is 0.918 bits per heavy atom. The summed E-state index contributed by atoms with van der Waals surface area (Å²) in [7, 11) is 0. The third-order valence-corrected chi connectivity index (χ3v) is 7.68. The molecule has 1 aromatic carbocycles. The van der Waals surface area contributed by atoms with Crippen LogP contribution in [0.5, 0.6) is 0 Å². The largest absolute Gasteiger partial charge is 0.478 e. The zero-order chi connectivity index (χ0) is 37.1. The topological polar surface area (TPSA) is 277 Å². The number of carbonyl (C=O) groups excluding carboxylic acids is 7. The second-order valence-corrected chi connectivity index (χ2v) is 12.9. The molecule has 0 heterocycles. The summed E-state index contributed by atoms with van der Waals surface area (Å²) in [6, 6.07) is 0.156. The number of benzene rings is 1. The highest BCUT2D eigenvalue weighted by molar-refractivity contribution is 6.00. The van der Waals surface area contributed by atoms with Gasteiger partial charge in [0, 0.05) is 17.7 Å². The molecule has 6 amide bonds. The Labute approximate surface area is 282 Å². The number of Topliss-reactive ketones (excluding diaryl/α,β-unsaturated/α-hetero) is 1. The zero-order valence-electron chi connectivity index (χ0n) is 27.8. The van der Waals surface area contributed by atoms with Crippen LogP contribution in [0.2, 0.25) is 0 Å². The van der Waals surface area contributed by atoms with Crippen molar-refractivity contribution in [1.29, 1.82) is 0 Å². The van der Waals surface area contributed by atoms with E-state index in [1.807, 2.05) is 0 Å². The Kier molecular flexibility index (Phi) is 14.3. The van der Waals surface area contributed by atoms with Gasteiger partial charge in [-0.3, -0.25) is 43.7 Å². The molecule has 1 saturated carbocycles. The van der Waals surface area contributed by atoms with Gasteiger partial charge in [-0.2, -0.15) is 0 Å². The van der Waals surface area contributed by atoms with Crippen molar-refractivity contribution >= 4 is 52.9 Å². The van der Waals surface area contributed by atoms with Crippen LogP contribution in [0, 0.1) is 21.4 Å². The van der Waals surface area contributed by atoms with Gasteiger partial charge in [0.15, 0.2) is 0 Å². The van der Waals surface area contributed by atoms with E-state index in [4.69, 9.17) is 5.73 Å². The van der Waals surface area contributed by atoms with E-state index in [1.165, 1.54) is 6.92 Å². The molecule has 0 radical (unpaired) electrons. The monoisotopic (exact) mass is 689 g/mol. The van der Waals surface area contributed by atoms with Crippen LogP contribution in [0.15, 0.2) is 18.2 Å². The van der Waals surface area contributed by atoms with Crippen LogP contribution in [0.25, 0.3) is 0 Å². The van der Waals surface area contributed by atoms with E-state index in [9.17, 15) is 53.6 Å². The number of carboxylic acid groups (broad SMARTS) is 1. The number of nitrogens with two attached hydrogens (primary N) is 1. The lowest BCUT2D eigenvalue weighted by Gasteiger charge is -2.35. The van der Waals surface area contributed by atoms with Crippen LogP contribution < -0.4 is 27.0 Å². The Balaban J connectivity index is 2.21. The van der Waals surface area contributed by atoms with Gasteiger partial charge in [0.2, 0.25) is 29.5 Å². The van der Waals surface area contributed by atoms with E-state index in [2.05, 4.69) is 21.3 Å². The number of hydrogen-bond donors (Lipinski definition) is 6. The Morgan fingerprint density at radius 2 is 1.53 bits per heavy atom. The molecule has 1 aromatic rings. The van der Waals surface area contributed by atoms with Gasteiger partial charge < -0.3 is 37.0 Å². The number of nitro groups is 1. The number of aromatic carboxylic acids is 1. The Morgan fingerprint density at radius 3 is 2.06 bits per heavy atom. The maximum Gasteiger partial charge on any atom is 0.335 e. The fourth-order valence-corrected chi connectivity index (χ4v) is 5.30. The highest BCUT2D eigenvalue weighted by Crippen LogP contribution is 2.27. The van der Waals surface area contributed by atoms with Crippen molar-refractivity contribution in [2.75, 3.05) is 26.2 Å². The average Bonchev–Trinajstić information content (AvgIpc) is 3.02. The van der Waals surface area contributed by atoms with Gasteiger partial charge in [0.05, 0.1) is 30.1 Å². The third kappa shape index (κ3) is 12.6. The molecule has 49 heavy (non-hydrogen) atoms. The molecule has 0 spiro atoms. The lowest BCUT2D eigenvalue weighted by atomic mass is 9.83. The van der Waals surface area contributed by atoms with Gasteiger partial charge in [-0.25, -0.2) is 4.79 Å². The molecule has 268 valence electrons. The molecule has 0 aliphatic heterocycles. The van der Waals surface area contributed by atoms with Crippen LogP contribution in [-0.4, -0.2) is 100 Å². The molecule has 1 aliphatic carbocycles. The molecule has 7 N–H and O–H groups in total. The molecule has 0 aromatic heterocycles. The van der Waals surface area contributed by atoms with Crippen LogP contribution in [0.3, 0.4) is 0 Å². The van der Waals surface area contributed by atoms with E-state index >= 15 is 0 Å². The van der Waals surface area contributed by atoms with Crippen LogP contribution in [0.4, 0.5) is 5.69 Å². The fourth-order valence-electron chi connectivity index (χ4n) is 5.30. The smallest absolute Gasteiger partial charge is 0.335 e. The van der Waals surface area contributed by atoms with Crippen molar-refractivity contribution < 1.29 is 48.4 Å². The summed E-state index contributed by atoms with van der Waals surface area (Å²) in [6.45, 7) is 3.71. The summed E-state index contributed by atoms with van der Waals surface area (Å²) < 4.78 is 0. The molecule has 18 heteroatoms.